The number of hydrogen-bond acceptors (Lipinski definition) is 3. The summed E-state index contributed by atoms with van der Waals surface area (Å²) in [6.07, 6.45) is 0.945. The fourth-order valence-corrected chi connectivity index (χ4v) is 2.00. The molecule has 2 aromatic rings. The Morgan fingerprint density at radius 2 is 1.70 bits per heavy atom. The Bertz CT molecular complexity index is 679. The topological polar surface area (TPSA) is 50.7 Å². The van der Waals surface area contributed by atoms with Gasteiger partial charge in [0.1, 0.15) is 5.75 Å². The quantitative estimate of drug-likeness (QED) is 0.634. The van der Waals surface area contributed by atoms with E-state index in [2.05, 4.69) is 10.5 Å². The molecule has 1 N–H and O–H groups in total. The number of hydrazone groups is 1. The lowest BCUT2D eigenvalue weighted by Crippen LogP contribution is -2.19. The van der Waals surface area contributed by atoms with Gasteiger partial charge < -0.3 is 4.74 Å². The summed E-state index contributed by atoms with van der Waals surface area (Å²) in [5.74, 6) is 0.490. The van der Waals surface area contributed by atoms with Crippen molar-refractivity contribution in [3.8, 4) is 5.75 Å². The minimum atomic E-state index is -0.264. The average molecular weight is 331 g/mol. The highest BCUT2D eigenvalue weighted by molar-refractivity contribution is 6.30. The third-order valence-electron chi connectivity index (χ3n) is 3.18. The first-order valence-electron chi connectivity index (χ1n) is 7.43. The summed E-state index contributed by atoms with van der Waals surface area (Å²) in [7, 11) is 0. The Morgan fingerprint density at radius 3 is 2.30 bits per heavy atom. The molecule has 120 valence electrons. The molecule has 2 aromatic carbocycles. The Morgan fingerprint density at radius 1 is 1.09 bits per heavy atom. The molecule has 1 amide bonds. The highest BCUT2D eigenvalue weighted by atomic mass is 35.5. The van der Waals surface area contributed by atoms with Crippen LogP contribution in [0.4, 0.5) is 0 Å². The van der Waals surface area contributed by atoms with Crippen LogP contribution in [0.3, 0.4) is 0 Å². The lowest BCUT2D eigenvalue weighted by atomic mass is 10.1. The summed E-state index contributed by atoms with van der Waals surface area (Å²) < 4.78 is 5.49. The van der Waals surface area contributed by atoms with Crippen molar-refractivity contribution in [3.63, 3.8) is 0 Å². The number of halogens is 1. The molecule has 2 rings (SSSR count). The number of carbonyl (C=O) groups excluding carboxylic acids is 1. The molecule has 0 saturated carbocycles. The van der Waals surface area contributed by atoms with Gasteiger partial charge >= 0.3 is 0 Å². The average Bonchev–Trinajstić information content (AvgIpc) is 2.58. The predicted octanol–water partition coefficient (Wildman–Crippen LogP) is 4.28. The van der Waals surface area contributed by atoms with E-state index < -0.39 is 0 Å². The van der Waals surface area contributed by atoms with Gasteiger partial charge in [-0.15, -0.1) is 0 Å². The van der Waals surface area contributed by atoms with E-state index in [-0.39, 0.29) is 5.91 Å². The molecule has 0 aliphatic carbocycles. The van der Waals surface area contributed by atoms with Gasteiger partial charge in [-0.25, -0.2) is 5.43 Å². The molecule has 0 bridgehead atoms. The highest BCUT2D eigenvalue weighted by Crippen LogP contribution is 2.13. The number of rotatable bonds is 6. The van der Waals surface area contributed by atoms with E-state index in [0.29, 0.717) is 22.9 Å². The van der Waals surface area contributed by atoms with E-state index in [4.69, 9.17) is 16.3 Å². The zero-order chi connectivity index (χ0) is 16.7. The van der Waals surface area contributed by atoms with E-state index in [1.54, 1.807) is 36.4 Å². The molecule has 0 aliphatic heterocycles. The van der Waals surface area contributed by atoms with Crippen LogP contribution >= 0.6 is 11.6 Å². The summed E-state index contributed by atoms with van der Waals surface area (Å²) in [6, 6.07) is 14.3. The largest absolute Gasteiger partial charge is 0.494 e. The van der Waals surface area contributed by atoms with Crippen molar-refractivity contribution in [1.29, 1.82) is 0 Å². The number of nitrogens with one attached hydrogen (secondary N) is 1. The lowest BCUT2D eigenvalue weighted by molar-refractivity contribution is 0.0955. The number of nitrogens with zero attached hydrogens (tertiary/aromatic N) is 1. The molecule has 4 nitrogen and oxygen atoms in total. The second-order valence-corrected chi connectivity index (χ2v) is 5.45. The van der Waals surface area contributed by atoms with Gasteiger partial charge in [-0.3, -0.25) is 4.79 Å². The number of ether oxygens (including phenoxy) is 1. The molecule has 0 fully saturated rings. The summed E-state index contributed by atoms with van der Waals surface area (Å²) in [6.45, 7) is 4.53. The third-order valence-corrected chi connectivity index (χ3v) is 3.43. The van der Waals surface area contributed by atoms with Crippen LogP contribution in [0.5, 0.6) is 5.75 Å². The van der Waals surface area contributed by atoms with Gasteiger partial charge in [0.25, 0.3) is 5.91 Å². The van der Waals surface area contributed by atoms with Crippen LogP contribution in [0.15, 0.2) is 53.6 Å². The molecule has 0 aromatic heterocycles. The van der Waals surface area contributed by atoms with E-state index in [1.165, 1.54) is 0 Å². The van der Waals surface area contributed by atoms with Crippen molar-refractivity contribution in [2.45, 2.75) is 20.3 Å². The van der Waals surface area contributed by atoms with Crippen LogP contribution in [0.2, 0.25) is 5.02 Å². The molecular formula is C18H19ClN2O2. The zero-order valence-electron chi connectivity index (χ0n) is 13.2. The van der Waals surface area contributed by atoms with Crippen LogP contribution in [-0.4, -0.2) is 18.2 Å². The van der Waals surface area contributed by atoms with Crippen molar-refractivity contribution in [3.05, 3.63) is 64.7 Å². The maximum Gasteiger partial charge on any atom is 0.271 e. The monoisotopic (exact) mass is 330 g/mol. The first kappa shape index (κ1) is 17.0. The van der Waals surface area contributed by atoms with Gasteiger partial charge in [0.15, 0.2) is 0 Å². The molecule has 0 saturated heterocycles. The standard InChI is InChI=1S/C18H19ClN2O2/c1-3-12-23-17-10-6-15(7-11-17)18(22)21-20-13(2)14-4-8-16(19)9-5-14/h4-11H,3,12H2,1-2H3,(H,21,22)/b20-13-. The number of hydrogen-bond donors (Lipinski definition) is 1. The molecule has 0 aliphatic rings. The van der Waals surface area contributed by atoms with Gasteiger partial charge in [-0.1, -0.05) is 30.7 Å². The van der Waals surface area contributed by atoms with Crippen LogP contribution in [-0.2, 0) is 0 Å². The van der Waals surface area contributed by atoms with Crippen LogP contribution in [0.25, 0.3) is 0 Å². The van der Waals surface area contributed by atoms with Gasteiger partial charge in [0, 0.05) is 10.6 Å². The molecule has 0 atom stereocenters. The molecule has 5 heteroatoms. The maximum absolute atomic E-state index is 12.1. The summed E-state index contributed by atoms with van der Waals surface area (Å²) in [5, 5.41) is 4.78. The van der Waals surface area contributed by atoms with E-state index in [0.717, 1.165) is 17.7 Å². The van der Waals surface area contributed by atoms with Gasteiger partial charge in [0.05, 0.1) is 12.3 Å². The van der Waals surface area contributed by atoms with Crippen molar-refractivity contribution in [1.82, 2.24) is 5.43 Å². The smallest absolute Gasteiger partial charge is 0.271 e. The molecule has 0 radical (unpaired) electrons. The van der Waals surface area contributed by atoms with Crippen LogP contribution < -0.4 is 10.2 Å². The van der Waals surface area contributed by atoms with Crippen molar-refractivity contribution in [2.24, 2.45) is 5.10 Å². The third kappa shape index (κ3) is 5.11. The van der Waals surface area contributed by atoms with Crippen molar-refractivity contribution < 1.29 is 9.53 Å². The Hall–Kier alpha value is -2.33. The molecular weight excluding hydrogens is 312 g/mol. The fraction of sp³-hybridized carbons (Fsp3) is 0.222. The second-order valence-electron chi connectivity index (χ2n) is 5.02. The Kier molecular flexibility index (Phi) is 6.18. The summed E-state index contributed by atoms with van der Waals surface area (Å²) >= 11 is 5.85. The number of benzene rings is 2. The van der Waals surface area contributed by atoms with Crippen LogP contribution in [0.1, 0.15) is 36.2 Å². The SMILES string of the molecule is CCCOc1ccc(C(=O)N/N=C(/C)c2ccc(Cl)cc2)cc1. The first-order chi connectivity index (χ1) is 11.1. The van der Waals surface area contributed by atoms with Gasteiger partial charge in [0.2, 0.25) is 0 Å². The van der Waals surface area contributed by atoms with E-state index >= 15 is 0 Å². The molecule has 0 heterocycles. The Labute approximate surface area is 141 Å². The van der Waals surface area contributed by atoms with E-state index in [9.17, 15) is 4.79 Å². The highest BCUT2D eigenvalue weighted by Gasteiger charge is 2.05. The minimum Gasteiger partial charge on any atom is -0.494 e. The van der Waals surface area contributed by atoms with Crippen molar-refractivity contribution >= 4 is 23.2 Å². The van der Waals surface area contributed by atoms with Crippen molar-refractivity contribution in [2.75, 3.05) is 6.61 Å². The van der Waals surface area contributed by atoms with Crippen LogP contribution in [0, 0.1) is 0 Å². The molecule has 23 heavy (non-hydrogen) atoms. The second kappa shape index (κ2) is 8.34. The zero-order valence-corrected chi connectivity index (χ0v) is 13.9. The Balaban J connectivity index is 1.98. The lowest BCUT2D eigenvalue weighted by Gasteiger charge is -2.06. The normalized spacial score (nSPS) is 11.2. The maximum atomic E-state index is 12.1. The summed E-state index contributed by atoms with van der Waals surface area (Å²) in [4.78, 5) is 12.1. The van der Waals surface area contributed by atoms with Gasteiger partial charge in [-0.2, -0.15) is 5.10 Å². The summed E-state index contributed by atoms with van der Waals surface area (Å²) in [5.41, 5.74) is 4.69. The number of carbonyl (C=O) groups is 1. The van der Waals surface area contributed by atoms with Gasteiger partial charge in [-0.05, 0) is 55.3 Å². The first-order valence-corrected chi connectivity index (χ1v) is 7.81. The predicted molar refractivity (Wildman–Crippen MR) is 93.4 cm³/mol. The molecule has 0 spiro atoms. The fourth-order valence-electron chi connectivity index (χ4n) is 1.88. The molecule has 0 unspecified atom stereocenters. The van der Waals surface area contributed by atoms with E-state index in [1.807, 2.05) is 26.0 Å². The number of amides is 1. The minimum absolute atomic E-state index is 0.264.